The second-order valence-electron chi connectivity index (χ2n) is 5.51. The van der Waals surface area contributed by atoms with Crippen LogP contribution in [-0.2, 0) is 0 Å². The average Bonchev–Trinajstić information content (AvgIpc) is 2.46. The Morgan fingerprint density at radius 3 is 2.58 bits per heavy atom. The molecule has 1 aromatic carbocycles. The molecular formula is C17H26N2. The zero-order valence-electron chi connectivity index (χ0n) is 12.4. The molecule has 104 valence electrons. The highest BCUT2D eigenvalue weighted by Gasteiger charge is 2.10. The first-order chi connectivity index (χ1) is 9.20. The fourth-order valence-electron chi connectivity index (χ4n) is 2.46. The summed E-state index contributed by atoms with van der Waals surface area (Å²) in [5.74, 6) is 0. The molecule has 1 heterocycles. The van der Waals surface area contributed by atoms with Crippen molar-refractivity contribution >= 4 is 5.69 Å². The third kappa shape index (κ3) is 3.84. The van der Waals surface area contributed by atoms with Gasteiger partial charge in [-0.15, -0.1) is 0 Å². The number of hydrogen-bond donors (Lipinski definition) is 1. The van der Waals surface area contributed by atoms with E-state index in [-0.39, 0.29) is 0 Å². The topological polar surface area (TPSA) is 15.3 Å². The fraction of sp³-hybridized carbons (Fsp3) is 0.529. The Kier molecular flexibility index (Phi) is 5.03. The van der Waals surface area contributed by atoms with Gasteiger partial charge in [-0.3, -0.25) is 0 Å². The van der Waals surface area contributed by atoms with Gasteiger partial charge in [-0.25, -0.2) is 0 Å². The third-order valence-electron chi connectivity index (χ3n) is 3.89. The Labute approximate surface area is 117 Å². The lowest BCUT2D eigenvalue weighted by atomic mass is 10.1. The molecule has 0 amide bonds. The van der Waals surface area contributed by atoms with Crippen molar-refractivity contribution in [3.8, 4) is 0 Å². The normalized spacial score (nSPS) is 17.2. The number of hydrogen-bond acceptors (Lipinski definition) is 2. The van der Waals surface area contributed by atoms with Crippen molar-refractivity contribution in [1.82, 2.24) is 5.32 Å². The molecule has 0 aliphatic carbocycles. The average molecular weight is 258 g/mol. The summed E-state index contributed by atoms with van der Waals surface area (Å²) in [6, 6.07) is 9.47. The van der Waals surface area contributed by atoms with Gasteiger partial charge in [-0.1, -0.05) is 30.7 Å². The third-order valence-corrected chi connectivity index (χ3v) is 3.89. The van der Waals surface area contributed by atoms with Crippen molar-refractivity contribution in [2.24, 2.45) is 0 Å². The van der Waals surface area contributed by atoms with Crippen LogP contribution in [0.5, 0.6) is 0 Å². The number of nitrogens with one attached hydrogen (secondary N) is 1. The Hall–Kier alpha value is -1.28. The lowest BCUT2D eigenvalue weighted by Crippen LogP contribution is -2.28. The summed E-state index contributed by atoms with van der Waals surface area (Å²) in [6.07, 6.45) is 4.71. The molecule has 1 aromatic rings. The summed E-state index contributed by atoms with van der Waals surface area (Å²) >= 11 is 0. The molecule has 0 spiro atoms. The van der Waals surface area contributed by atoms with E-state index in [9.17, 15) is 0 Å². The van der Waals surface area contributed by atoms with Crippen molar-refractivity contribution in [2.45, 2.75) is 39.7 Å². The quantitative estimate of drug-likeness (QED) is 0.806. The smallest absolute Gasteiger partial charge is 0.0369 e. The Morgan fingerprint density at radius 2 is 2.00 bits per heavy atom. The van der Waals surface area contributed by atoms with Crippen LogP contribution in [0.4, 0.5) is 5.69 Å². The number of benzene rings is 1. The van der Waals surface area contributed by atoms with Crippen LogP contribution in [-0.4, -0.2) is 19.6 Å². The summed E-state index contributed by atoms with van der Waals surface area (Å²) in [6.45, 7) is 9.94. The van der Waals surface area contributed by atoms with Crippen LogP contribution in [0.2, 0.25) is 0 Å². The molecule has 1 aliphatic heterocycles. The van der Waals surface area contributed by atoms with Gasteiger partial charge >= 0.3 is 0 Å². The predicted molar refractivity (Wildman–Crippen MR) is 83.7 cm³/mol. The van der Waals surface area contributed by atoms with E-state index in [1.54, 1.807) is 0 Å². The van der Waals surface area contributed by atoms with Gasteiger partial charge in [0.25, 0.3) is 0 Å². The van der Waals surface area contributed by atoms with Crippen molar-refractivity contribution in [3.63, 3.8) is 0 Å². The maximum absolute atomic E-state index is 3.53. The van der Waals surface area contributed by atoms with E-state index in [4.69, 9.17) is 0 Å². The second-order valence-corrected chi connectivity index (χ2v) is 5.51. The molecule has 2 rings (SSSR count). The predicted octanol–water partition coefficient (Wildman–Crippen LogP) is 3.90. The highest BCUT2D eigenvalue weighted by atomic mass is 15.1. The molecule has 1 N–H and O–H groups in total. The van der Waals surface area contributed by atoms with Gasteiger partial charge in [-0.05, 0) is 50.9 Å². The van der Waals surface area contributed by atoms with Crippen LogP contribution in [0.25, 0.3) is 0 Å². The Bertz CT molecular complexity index is 419. The highest BCUT2D eigenvalue weighted by Crippen LogP contribution is 2.22. The first kappa shape index (κ1) is 14.1. The zero-order valence-corrected chi connectivity index (χ0v) is 12.4. The minimum absolute atomic E-state index is 0.442. The standard InChI is InChI=1S/C17H26N2/c1-4-11-18-15(3)16-5-7-17(8-6-16)19-12-9-14(2)10-13-19/h5-9,15,18H,4,10-13H2,1-3H3. The van der Waals surface area contributed by atoms with Crippen LogP contribution < -0.4 is 10.2 Å². The largest absolute Gasteiger partial charge is 0.367 e. The number of nitrogens with zero attached hydrogens (tertiary/aromatic N) is 1. The van der Waals surface area contributed by atoms with Crippen LogP contribution in [0.1, 0.15) is 45.2 Å². The van der Waals surface area contributed by atoms with Gasteiger partial charge < -0.3 is 10.2 Å². The molecular weight excluding hydrogens is 232 g/mol. The molecule has 0 bridgehead atoms. The molecule has 1 aliphatic rings. The van der Waals surface area contributed by atoms with Crippen molar-refractivity contribution < 1.29 is 0 Å². The van der Waals surface area contributed by atoms with Crippen molar-refractivity contribution in [3.05, 3.63) is 41.5 Å². The lowest BCUT2D eigenvalue weighted by Gasteiger charge is -2.28. The molecule has 0 radical (unpaired) electrons. The summed E-state index contributed by atoms with van der Waals surface area (Å²) < 4.78 is 0. The molecule has 0 aromatic heterocycles. The van der Waals surface area contributed by atoms with Crippen LogP contribution in [0, 0.1) is 0 Å². The van der Waals surface area contributed by atoms with E-state index < -0.39 is 0 Å². The maximum atomic E-state index is 3.53. The van der Waals surface area contributed by atoms with E-state index in [1.165, 1.54) is 29.7 Å². The fourth-order valence-corrected chi connectivity index (χ4v) is 2.46. The summed E-state index contributed by atoms with van der Waals surface area (Å²) in [5, 5.41) is 3.53. The van der Waals surface area contributed by atoms with Gasteiger partial charge in [0.15, 0.2) is 0 Å². The molecule has 19 heavy (non-hydrogen) atoms. The monoisotopic (exact) mass is 258 g/mol. The van der Waals surface area contributed by atoms with Gasteiger partial charge in [0.05, 0.1) is 0 Å². The van der Waals surface area contributed by atoms with E-state index >= 15 is 0 Å². The molecule has 2 nitrogen and oxygen atoms in total. The lowest BCUT2D eigenvalue weighted by molar-refractivity contribution is 0.570. The molecule has 1 unspecified atom stereocenters. The Balaban J connectivity index is 1.98. The van der Waals surface area contributed by atoms with Crippen molar-refractivity contribution in [2.75, 3.05) is 24.5 Å². The number of anilines is 1. The minimum atomic E-state index is 0.442. The SMILES string of the molecule is CCCNC(C)c1ccc(N2CC=C(C)CC2)cc1. The van der Waals surface area contributed by atoms with E-state index in [2.05, 4.69) is 61.3 Å². The molecule has 0 saturated heterocycles. The second kappa shape index (κ2) is 6.76. The van der Waals surface area contributed by atoms with Gasteiger partial charge in [0.2, 0.25) is 0 Å². The van der Waals surface area contributed by atoms with Gasteiger partial charge in [0, 0.05) is 24.8 Å². The first-order valence-electron chi connectivity index (χ1n) is 7.44. The van der Waals surface area contributed by atoms with Crippen LogP contribution in [0.3, 0.4) is 0 Å². The van der Waals surface area contributed by atoms with Crippen LogP contribution in [0.15, 0.2) is 35.9 Å². The summed E-state index contributed by atoms with van der Waals surface area (Å²) in [4.78, 5) is 2.45. The first-order valence-corrected chi connectivity index (χ1v) is 7.44. The number of rotatable bonds is 5. The van der Waals surface area contributed by atoms with Gasteiger partial charge in [-0.2, -0.15) is 0 Å². The van der Waals surface area contributed by atoms with E-state index in [1.807, 2.05) is 0 Å². The minimum Gasteiger partial charge on any atom is -0.367 e. The van der Waals surface area contributed by atoms with Gasteiger partial charge in [0.1, 0.15) is 0 Å². The van der Waals surface area contributed by atoms with Crippen LogP contribution >= 0.6 is 0 Å². The van der Waals surface area contributed by atoms with Crippen molar-refractivity contribution in [1.29, 1.82) is 0 Å². The molecule has 1 atom stereocenters. The molecule has 2 heteroatoms. The summed E-state index contributed by atoms with van der Waals surface area (Å²) in [7, 11) is 0. The zero-order chi connectivity index (χ0) is 13.7. The Morgan fingerprint density at radius 1 is 1.26 bits per heavy atom. The molecule has 0 saturated carbocycles. The van der Waals surface area contributed by atoms with E-state index in [0.29, 0.717) is 6.04 Å². The van der Waals surface area contributed by atoms with E-state index in [0.717, 1.165) is 19.6 Å². The molecule has 0 fully saturated rings. The highest BCUT2D eigenvalue weighted by molar-refractivity contribution is 5.49. The summed E-state index contributed by atoms with van der Waals surface area (Å²) in [5.41, 5.74) is 4.24. The maximum Gasteiger partial charge on any atom is 0.0369 e.